The van der Waals surface area contributed by atoms with Crippen LogP contribution in [0.5, 0.6) is 0 Å². The van der Waals surface area contributed by atoms with E-state index in [9.17, 15) is 4.79 Å². The first kappa shape index (κ1) is 9.48. The average Bonchev–Trinajstić information content (AvgIpc) is 2.55. The van der Waals surface area contributed by atoms with Crippen LogP contribution in [-0.2, 0) is 0 Å². The van der Waals surface area contributed by atoms with Crippen molar-refractivity contribution >= 4 is 39.1 Å². The van der Waals surface area contributed by atoms with Crippen LogP contribution in [0.1, 0.15) is 10.5 Å². The first-order valence-electron chi connectivity index (χ1n) is 3.66. The Kier molecular flexibility index (Phi) is 2.20. The molecule has 0 aliphatic heterocycles. The Morgan fingerprint density at radius 1 is 1.57 bits per heavy atom. The van der Waals surface area contributed by atoms with E-state index in [1.807, 2.05) is 0 Å². The summed E-state index contributed by atoms with van der Waals surface area (Å²) in [5, 5.41) is 9.16. The molecule has 0 aliphatic carbocycles. The van der Waals surface area contributed by atoms with Gasteiger partial charge in [0.1, 0.15) is 10.8 Å². The molecular formula is C8H4BrClN2O2. The van der Waals surface area contributed by atoms with Crippen molar-refractivity contribution < 1.29 is 9.90 Å². The molecule has 0 atom stereocenters. The minimum absolute atomic E-state index is 0.0475. The van der Waals surface area contributed by atoms with Gasteiger partial charge in [0.05, 0.1) is 10.7 Å². The Morgan fingerprint density at radius 3 is 2.93 bits per heavy atom. The minimum atomic E-state index is -1.06. The van der Waals surface area contributed by atoms with E-state index in [0.717, 1.165) is 0 Å². The largest absolute Gasteiger partial charge is 0.477 e. The molecule has 0 fully saturated rings. The number of carboxylic acids is 1. The number of aromatic nitrogens is 2. The topological polar surface area (TPSA) is 54.6 Å². The lowest BCUT2D eigenvalue weighted by Gasteiger charge is -2.01. The van der Waals surface area contributed by atoms with E-state index in [4.69, 9.17) is 16.7 Å². The van der Waals surface area contributed by atoms with Gasteiger partial charge in [0, 0.05) is 0 Å². The van der Waals surface area contributed by atoms with Crippen LogP contribution in [0.15, 0.2) is 22.8 Å². The lowest BCUT2D eigenvalue weighted by molar-refractivity contribution is 0.0689. The molecule has 0 radical (unpaired) electrons. The van der Waals surface area contributed by atoms with Crippen LogP contribution in [0.3, 0.4) is 0 Å². The number of nitrogens with zero attached hydrogens (tertiary/aromatic N) is 2. The average molecular weight is 275 g/mol. The highest BCUT2D eigenvalue weighted by Crippen LogP contribution is 2.24. The van der Waals surface area contributed by atoms with Gasteiger partial charge in [-0.2, -0.15) is 0 Å². The van der Waals surface area contributed by atoms with Crippen LogP contribution < -0.4 is 0 Å². The number of pyridine rings is 1. The maximum Gasteiger partial charge on any atom is 0.354 e. The van der Waals surface area contributed by atoms with E-state index < -0.39 is 5.97 Å². The molecule has 2 aromatic rings. The second-order valence-electron chi connectivity index (χ2n) is 2.61. The molecule has 0 amide bonds. The van der Waals surface area contributed by atoms with Gasteiger partial charge in [-0.3, -0.25) is 4.40 Å². The van der Waals surface area contributed by atoms with Crippen molar-refractivity contribution in [2.24, 2.45) is 0 Å². The summed E-state index contributed by atoms with van der Waals surface area (Å²) in [6.07, 6.45) is 1.27. The lowest BCUT2D eigenvalue weighted by atomic mass is 10.4. The number of carboxylic acid groups (broad SMARTS) is 1. The van der Waals surface area contributed by atoms with Gasteiger partial charge < -0.3 is 5.11 Å². The Labute approximate surface area is 92.3 Å². The van der Waals surface area contributed by atoms with Gasteiger partial charge in [-0.25, -0.2) is 9.78 Å². The third kappa shape index (κ3) is 1.29. The van der Waals surface area contributed by atoms with Crippen LogP contribution in [0.2, 0.25) is 5.15 Å². The van der Waals surface area contributed by atoms with Crippen LogP contribution >= 0.6 is 27.5 Å². The van der Waals surface area contributed by atoms with Crippen LogP contribution in [0.4, 0.5) is 0 Å². The Morgan fingerprint density at radius 2 is 2.29 bits per heavy atom. The van der Waals surface area contributed by atoms with Gasteiger partial charge in [0.15, 0.2) is 5.69 Å². The van der Waals surface area contributed by atoms with Gasteiger partial charge in [-0.1, -0.05) is 11.6 Å². The first-order valence-corrected chi connectivity index (χ1v) is 4.83. The monoisotopic (exact) mass is 274 g/mol. The summed E-state index contributed by atoms with van der Waals surface area (Å²) in [6.45, 7) is 0. The van der Waals surface area contributed by atoms with Gasteiger partial charge in [0.2, 0.25) is 0 Å². The third-order valence-corrected chi connectivity index (χ3v) is 3.02. The number of fused-ring (bicyclic) bond motifs is 1. The SMILES string of the molecule is O=C(O)c1cnc2ccc(Br)c(Cl)n12. The number of aromatic carboxylic acids is 1. The molecule has 14 heavy (non-hydrogen) atoms. The maximum absolute atomic E-state index is 10.8. The van der Waals surface area contributed by atoms with Crippen molar-refractivity contribution in [2.75, 3.05) is 0 Å². The molecule has 2 aromatic heterocycles. The molecule has 0 saturated heterocycles. The molecule has 6 heteroatoms. The molecule has 0 aromatic carbocycles. The molecule has 0 spiro atoms. The zero-order valence-corrected chi connectivity index (χ0v) is 9.08. The fourth-order valence-corrected chi connectivity index (χ4v) is 1.71. The van der Waals surface area contributed by atoms with E-state index >= 15 is 0 Å². The quantitative estimate of drug-likeness (QED) is 0.813. The van der Waals surface area contributed by atoms with Gasteiger partial charge in [-0.15, -0.1) is 0 Å². The fourth-order valence-electron chi connectivity index (χ4n) is 1.16. The summed E-state index contributed by atoms with van der Waals surface area (Å²) in [6, 6.07) is 3.40. The van der Waals surface area contributed by atoms with E-state index in [1.165, 1.54) is 10.6 Å². The summed E-state index contributed by atoms with van der Waals surface area (Å²) in [5.41, 5.74) is 0.557. The highest BCUT2D eigenvalue weighted by molar-refractivity contribution is 9.10. The molecular weight excluding hydrogens is 271 g/mol. The Balaban J connectivity index is 2.89. The van der Waals surface area contributed by atoms with Gasteiger partial charge in [0.25, 0.3) is 0 Å². The van der Waals surface area contributed by atoms with Crippen LogP contribution in [-0.4, -0.2) is 20.5 Å². The number of carbonyl (C=O) groups is 1. The lowest BCUT2D eigenvalue weighted by Crippen LogP contribution is -2.02. The van der Waals surface area contributed by atoms with Gasteiger partial charge >= 0.3 is 5.97 Å². The second kappa shape index (κ2) is 3.25. The van der Waals surface area contributed by atoms with Crippen molar-refractivity contribution in [3.05, 3.63) is 33.6 Å². The van der Waals surface area contributed by atoms with Crippen molar-refractivity contribution in [2.45, 2.75) is 0 Å². The normalized spacial score (nSPS) is 10.7. The predicted molar refractivity (Wildman–Crippen MR) is 54.9 cm³/mol. The third-order valence-electron chi connectivity index (χ3n) is 1.78. The van der Waals surface area contributed by atoms with Crippen molar-refractivity contribution in [3.8, 4) is 0 Å². The summed E-state index contributed by atoms with van der Waals surface area (Å²) < 4.78 is 2.00. The van der Waals surface area contributed by atoms with Crippen molar-refractivity contribution in [1.29, 1.82) is 0 Å². The van der Waals surface area contributed by atoms with Crippen LogP contribution in [0.25, 0.3) is 5.65 Å². The molecule has 0 bridgehead atoms. The number of imidazole rings is 1. The van der Waals surface area contributed by atoms with E-state index in [-0.39, 0.29) is 5.69 Å². The summed E-state index contributed by atoms with van der Waals surface area (Å²) >= 11 is 9.14. The fraction of sp³-hybridized carbons (Fsp3) is 0. The highest BCUT2D eigenvalue weighted by Gasteiger charge is 2.13. The molecule has 1 N–H and O–H groups in total. The minimum Gasteiger partial charge on any atom is -0.477 e. The van der Waals surface area contributed by atoms with Crippen LogP contribution in [0, 0.1) is 0 Å². The molecule has 2 heterocycles. The number of halogens is 2. The molecule has 72 valence electrons. The van der Waals surface area contributed by atoms with E-state index in [2.05, 4.69) is 20.9 Å². The molecule has 2 rings (SSSR count). The second-order valence-corrected chi connectivity index (χ2v) is 3.83. The highest BCUT2D eigenvalue weighted by atomic mass is 79.9. The predicted octanol–water partition coefficient (Wildman–Crippen LogP) is 2.45. The zero-order chi connectivity index (χ0) is 10.3. The van der Waals surface area contributed by atoms with Crippen molar-refractivity contribution in [1.82, 2.24) is 9.38 Å². The maximum atomic E-state index is 10.8. The zero-order valence-electron chi connectivity index (χ0n) is 6.74. The number of rotatable bonds is 1. The number of hydrogen-bond donors (Lipinski definition) is 1. The summed E-state index contributed by atoms with van der Waals surface area (Å²) in [7, 11) is 0. The summed E-state index contributed by atoms with van der Waals surface area (Å²) in [4.78, 5) is 14.7. The Bertz CT molecular complexity index is 523. The first-order chi connectivity index (χ1) is 6.61. The standard InChI is InChI=1S/C8H4BrClN2O2/c9-4-1-2-6-11-3-5(8(13)14)12(6)7(4)10/h1-3H,(H,13,14). The summed E-state index contributed by atoms with van der Waals surface area (Å²) in [5.74, 6) is -1.06. The molecule has 0 saturated carbocycles. The smallest absolute Gasteiger partial charge is 0.354 e. The molecule has 4 nitrogen and oxygen atoms in total. The van der Waals surface area contributed by atoms with Gasteiger partial charge in [-0.05, 0) is 28.1 Å². The van der Waals surface area contributed by atoms with E-state index in [1.54, 1.807) is 12.1 Å². The number of hydrogen-bond acceptors (Lipinski definition) is 2. The van der Waals surface area contributed by atoms with E-state index in [0.29, 0.717) is 15.3 Å². The van der Waals surface area contributed by atoms with Crippen molar-refractivity contribution in [3.63, 3.8) is 0 Å². The molecule has 0 unspecified atom stereocenters. The molecule has 0 aliphatic rings. The Hall–Kier alpha value is -1.07.